The maximum absolute atomic E-state index is 12.3. The number of ether oxygens (including phenoxy) is 1. The summed E-state index contributed by atoms with van der Waals surface area (Å²) in [7, 11) is -3.77. The number of nitrogens with zero attached hydrogens (tertiary/aromatic N) is 1. The number of rotatable bonds is 7. The molecule has 0 unspecified atom stereocenters. The molecule has 0 atom stereocenters. The molecular formula is C20H16BrClN2O3S. The van der Waals surface area contributed by atoms with Gasteiger partial charge >= 0.3 is 0 Å². The lowest BCUT2D eigenvalue weighted by atomic mass is 10.2. The van der Waals surface area contributed by atoms with Crippen molar-refractivity contribution in [1.82, 2.24) is 4.83 Å². The van der Waals surface area contributed by atoms with Gasteiger partial charge in [0, 0.05) is 15.1 Å². The summed E-state index contributed by atoms with van der Waals surface area (Å²) in [5.41, 5.74) is 1.65. The topological polar surface area (TPSA) is 67.8 Å². The number of hydrogen-bond acceptors (Lipinski definition) is 4. The molecule has 8 heteroatoms. The Morgan fingerprint density at radius 3 is 2.54 bits per heavy atom. The fourth-order valence-electron chi connectivity index (χ4n) is 2.34. The number of nitrogens with one attached hydrogen (secondary N) is 1. The number of benzene rings is 3. The molecular weight excluding hydrogens is 464 g/mol. The average Bonchev–Trinajstić information content (AvgIpc) is 2.67. The minimum absolute atomic E-state index is 0.0771. The summed E-state index contributed by atoms with van der Waals surface area (Å²) < 4.78 is 31.3. The van der Waals surface area contributed by atoms with Crippen molar-refractivity contribution in [3.8, 4) is 5.75 Å². The van der Waals surface area contributed by atoms with Crippen molar-refractivity contribution in [2.75, 3.05) is 0 Å². The van der Waals surface area contributed by atoms with Gasteiger partial charge in [-0.1, -0.05) is 51.8 Å². The molecule has 0 aliphatic heterocycles. The highest BCUT2D eigenvalue weighted by Gasteiger charge is 2.12. The minimum atomic E-state index is -3.77. The van der Waals surface area contributed by atoms with Crippen LogP contribution in [-0.4, -0.2) is 14.6 Å². The van der Waals surface area contributed by atoms with Crippen molar-refractivity contribution in [2.24, 2.45) is 5.10 Å². The van der Waals surface area contributed by atoms with Gasteiger partial charge in [0.15, 0.2) is 0 Å². The maximum atomic E-state index is 12.3. The molecule has 28 heavy (non-hydrogen) atoms. The average molecular weight is 480 g/mol. The normalized spacial score (nSPS) is 11.5. The Morgan fingerprint density at radius 1 is 1.04 bits per heavy atom. The first-order valence-corrected chi connectivity index (χ1v) is 10.9. The van der Waals surface area contributed by atoms with E-state index in [-0.39, 0.29) is 4.90 Å². The van der Waals surface area contributed by atoms with Crippen LogP contribution in [0.15, 0.2) is 87.3 Å². The van der Waals surface area contributed by atoms with Crippen molar-refractivity contribution in [2.45, 2.75) is 11.5 Å². The zero-order valence-corrected chi connectivity index (χ0v) is 17.7. The molecule has 0 heterocycles. The number of sulfonamides is 1. The maximum Gasteiger partial charge on any atom is 0.276 e. The van der Waals surface area contributed by atoms with Gasteiger partial charge < -0.3 is 4.74 Å². The molecule has 0 saturated heterocycles. The zero-order valence-electron chi connectivity index (χ0n) is 14.5. The van der Waals surface area contributed by atoms with Crippen LogP contribution in [0.3, 0.4) is 0 Å². The quantitative estimate of drug-likeness (QED) is 0.383. The van der Waals surface area contributed by atoms with Crippen molar-refractivity contribution in [3.05, 3.63) is 93.4 Å². The Morgan fingerprint density at radius 2 is 1.79 bits per heavy atom. The van der Waals surface area contributed by atoms with E-state index in [1.165, 1.54) is 30.5 Å². The van der Waals surface area contributed by atoms with E-state index in [0.717, 1.165) is 10.0 Å². The highest BCUT2D eigenvalue weighted by molar-refractivity contribution is 9.10. The van der Waals surface area contributed by atoms with Crippen molar-refractivity contribution < 1.29 is 13.2 Å². The van der Waals surface area contributed by atoms with E-state index < -0.39 is 10.0 Å². The number of hydrogen-bond donors (Lipinski definition) is 1. The van der Waals surface area contributed by atoms with E-state index in [2.05, 4.69) is 25.9 Å². The molecule has 0 spiro atoms. The van der Waals surface area contributed by atoms with Crippen molar-refractivity contribution in [3.63, 3.8) is 0 Å². The molecule has 0 aromatic heterocycles. The second kappa shape index (κ2) is 9.23. The summed E-state index contributed by atoms with van der Waals surface area (Å²) >= 11 is 9.21. The van der Waals surface area contributed by atoms with Crippen molar-refractivity contribution >= 4 is 43.8 Å². The molecule has 0 radical (unpaired) electrons. The van der Waals surface area contributed by atoms with E-state index in [0.29, 0.717) is 22.9 Å². The van der Waals surface area contributed by atoms with Crippen LogP contribution in [0.25, 0.3) is 0 Å². The van der Waals surface area contributed by atoms with Gasteiger partial charge in [-0.3, -0.25) is 0 Å². The lowest BCUT2D eigenvalue weighted by Gasteiger charge is -2.09. The third-order valence-corrected chi connectivity index (χ3v) is 5.69. The van der Waals surface area contributed by atoms with E-state index in [1.54, 1.807) is 12.1 Å². The summed E-state index contributed by atoms with van der Waals surface area (Å²) in [6.45, 7) is 0.376. The molecule has 3 aromatic rings. The van der Waals surface area contributed by atoms with E-state index in [1.807, 2.05) is 36.4 Å². The molecule has 0 bridgehead atoms. The first-order chi connectivity index (χ1) is 13.4. The van der Waals surface area contributed by atoms with Gasteiger partial charge in [0.05, 0.1) is 11.1 Å². The monoisotopic (exact) mass is 478 g/mol. The summed E-state index contributed by atoms with van der Waals surface area (Å²) in [6.07, 6.45) is 1.41. The molecule has 0 saturated carbocycles. The second-order valence-corrected chi connectivity index (χ2v) is 8.78. The van der Waals surface area contributed by atoms with Crippen LogP contribution in [0.1, 0.15) is 11.1 Å². The Bertz CT molecular complexity index is 1090. The molecule has 3 rings (SSSR count). The van der Waals surface area contributed by atoms with Crippen LogP contribution in [0.5, 0.6) is 5.75 Å². The lowest BCUT2D eigenvalue weighted by Crippen LogP contribution is -2.18. The summed E-state index contributed by atoms with van der Waals surface area (Å²) in [4.78, 5) is 2.27. The van der Waals surface area contributed by atoms with Crippen LogP contribution in [0.2, 0.25) is 5.02 Å². The van der Waals surface area contributed by atoms with Crippen LogP contribution in [0, 0.1) is 0 Å². The standard InChI is InChI=1S/C20H16BrClN2O3S/c21-17-6-3-4-15(12-17)14-27-20-7-2-1-5-16(20)13-23-24-28(25,26)19-10-8-18(22)9-11-19/h1-13,24H,14H2/b23-13-. The molecule has 0 aliphatic rings. The second-order valence-electron chi connectivity index (χ2n) is 5.76. The van der Waals surface area contributed by atoms with Crippen molar-refractivity contribution in [1.29, 1.82) is 0 Å². The van der Waals surface area contributed by atoms with E-state index in [9.17, 15) is 8.42 Å². The third-order valence-electron chi connectivity index (χ3n) is 3.70. The number of para-hydroxylation sites is 1. The Labute approximate surface area is 177 Å². The third kappa shape index (κ3) is 5.58. The first-order valence-electron chi connectivity index (χ1n) is 8.21. The smallest absolute Gasteiger partial charge is 0.276 e. The molecule has 3 aromatic carbocycles. The predicted molar refractivity (Wildman–Crippen MR) is 114 cm³/mol. The molecule has 144 valence electrons. The molecule has 1 N–H and O–H groups in total. The minimum Gasteiger partial charge on any atom is -0.488 e. The Balaban J connectivity index is 1.69. The summed E-state index contributed by atoms with van der Waals surface area (Å²) in [5.74, 6) is 0.594. The largest absolute Gasteiger partial charge is 0.488 e. The zero-order chi connectivity index (χ0) is 20.0. The highest BCUT2D eigenvalue weighted by atomic mass is 79.9. The lowest BCUT2D eigenvalue weighted by molar-refractivity contribution is 0.305. The SMILES string of the molecule is O=S(=O)(N/N=C\c1ccccc1OCc1cccc(Br)c1)c1ccc(Cl)cc1. The van der Waals surface area contributed by atoms with Crippen LogP contribution in [-0.2, 0) is 16.6 Å². The fourth-order valence-corrected chi connectivity index (χ4v) is 3.70. The van der Waals surface area contributed by atoms with E-state index in [4.69, 9.17) is 16.3 Å². The fraction of sp³-hybridized carbons (Fsp3) is 0.0500. The van der Waals surface area contributed by atoms with Gasteiger partial charge in [0.1, 0.15) is 12.4 Å². The predicted octanol–water partition coefficient (Wildman–Crippen LogP) is 4.99. The van der Waals surface area contributed by atoms with Gasteiger partial charge in [-0.15, -0.1) is 0 Å². The highest BCUT2D eigenvalue weighted by Crippen LogP contribution is 2.19. The van der Waals surface area contributed by atoms with E-state index >= 15 is 0 Å². The molecule has 0 amide bonds. The number of halogens is 2. The van der Waals surface area contributed by atoms with Gasteiger partial charge in [-0.2, -0.15) is 13.5 Å². The first kappa shape index (κ1) is 20.4. The van der Waals surface area contributed by atoms with Gasteiger partial charge in [0.25, 0.3) is 10.0 Å². The molecule has 0 aliphatic carbocycles. The Kier molecular flexibility index (Phi) is 6.72. The molecule has 5 nitrogen and oxygen atoms in total. The van der Waals surface area contributed by atoms with Gasteiger partial charge in [0.2, 0.25) is 0 Å². The van der Waals surface area contributed by atoms with Crippen LogP contribution in [0.4, 0.5) is 0 Å². The van der Waals surface area contributed by atoms with Gasteiger partial charge in [-0.25, -0.2) is 4.83 Å². The van der Waals surface area contributed by atoms with Crippen LogP contribution < -0.4 is 9.57 Å². The summed E-state index contributed by atoms with van der Waals surface area (Å²) in [6, 6.07) is 20.9. The Hall–Kier alpha value is -2.35. The number of hydrazone groups is 1. The summed E-state index contributed by atoms with van der Waals surface area (Å²) in [5, 5.41) is 4.32. The van der Waals surface area contributed by atoms with Crippen LogP contribution >= 0.6 is 27.5 Å². The van der Waals surface area contributed by atoms with Gasteiger partial charge in [-0.05, 0) is 54.1 Å². The molecule has 0 fully saturated rings.